The summed E-state index contributed by atoms with van der Waals surface area (Å²) in [6.07, 6.45) is 0. The Morgan fingerprint density at radius 2 is 1.90 bits per heavy atom. The van der Waals surface area contributed by atoms with Crippen molar-refractivity contribution in [3.05, 3.63) is 59.9 Å². The third kappa shape index (κ3) is 5.51. The minimum atomic E-state index is -0.0879. The summed E-state index contributed by atoms with van der Waals surface area (Å²) < 4.78 is 12.9. The van der Waals surface area contributed by atoms with Gasteiger partial charge >= 0.3 is 0 Å². The van der Waals surface area contributed by atoms with E-state index in [0.717, 1.165) is 17.1 Å². The Balaban J connectivity index is 1.49. The number of hydrogen-bond acceptors (Lipinski definition) is 6. The van der Waals surface area contributed by atoms with Crippen molar-refractivity contribution in [1.82, 2.24) is 20.1 Å². The van der Waals surface area contributed by atoms with Gasteiger partial charge in [0, 0.05) is 5.69 Å². The zero-order valence-corrected chi connectivity index (χ0v) is 17.5. The van der Waals surface area contributed by atoms with Gasteiger partial charge in [0.2, 0.25) is 5.91 Å². The first-order valence-corrected chi connectivity index (χ1v) is 10.2. The van der Waals surface area contributed by atoms with Crippen molar-refractivity contribution >= 4 is 17.7 Å². The lowest BCUT2D eigenvalue weighted by atomic mass is 10.2. The average molecular weight is 413 g/mol. The summed E-state index contributed by atoms with van der Waals surface area (Å²) in [4.78, 5) is 12.2. The molecule has 29 heavy (non-hydrogen) atoms. The highest BCUT2D eigenvalue weighted by molar-refractivity contribution is 7.99. The van der Waals surface area contributed by atoms with Crippen LogP contribution >= 0.6 is 11.8 Å². The standard InChI is InChI=1S/C21H24N4O3S/c1-15-7-6-8-17(13-15)25-16(2)23-24-21(25)29-14-20(26)22-11-12-28-19-10-5-4-9-18(19)27-3/h4-10,13H,11-12,14H2,1-3H3,(H,22,26). The third-order valence-corrected chi connectivity index (χ3v) is 5.07. The predicted molar refractivity (Wildman–Crippen MR) is 113 cm³/mol. The first kappa shape index (κ1) is 20.7. The van der Waals surface area contributed by atoms with Crippen molar-refractivity contribution < 1.29 is 14.3 Å². The lowest BCUT2D eigenvalue weighted by Crippen LogP contribution is -2.29. The molecule has 1 heterocycles. The molecule has 0 aliphatic carbocycles. The maximum atomic E-state index is 12.2. The molecule has 0 bridgehead atoms. The highest BCUT2D eigenvalue weighted by Gasteiger charge is 2.13. The number of amides is 1. The Bertz CT molecular complexity index is 974. The Labute approximate surface area is 174 Å². The molecular weight excluding hydrogens is 388 g/mol. The van der Waals surface area contributed by atoms with E-state index in [1.165, 1.54) is 11.8 Å². The van der Waals surface area contributed by atoms with Gasteiger partial charge in [-0.2, -0.15) is 0 Å². The highest BCUT2D eigenvalue weighted by Crippen LogP contribution is 2.25. The van der Waals surface area contributed by atoms with Gasteiger partial charge in [0.15, 0.2) is 16.7 Å². The number of methoxy groups -OCH3 is 1. The fourth-order valence-electron chi connectivity index (χ4n) is 2.77. The molecule has 0 saturated heterocycles. The van der Waals surface area contributed by atoms with Crippen LogP contribution in [0.4, 0.5) is 0 Å². The summed E-state index contributed by atoms with van der Waals surface area (Å²) in [6.45, 7) is 4.70. The molecule has 7 nitrogen and oxygen atoms in total. The second-order valence-electron chi connectivity index (χ2n) is 6.34. The number of rotatable bonds is 9. The van der Waals surface area contributed by atoms with Gasteiger partial charge in [0.05, 0.1) is 19.4 Å². The zero-order chi connectivity index (χ0) is 20.6. The maximum Gasteiger partial charge on any atom is 0.230 e. The smallest absolute Gasteiger partial charge is 0.230 e. The van der Waals surface area contributed by atoms with Gasteiger partial charge in [-0.05, 0) is 43.7 Å². The van der Waals surface area contributed by atoms with Gasteiger partial charge in [-0.1, -0.05) is 36.0 Å². The van der Waals surface area contributed by atoms with Crippen LogP contribution in [-0.4, -0.2) is 46.7 Å². The predicted octanol–water partition coefficient (Wildman–Crippen LogP) is 3.18. The molecule has 0 aliphatic rings. The van der Waals surface area contributed by atoms with Crippen LogP contribution in [0.15, 0.2) is 53.7 Å². The first-order valence-electron chi connectivity index (χ1n) is 9.23. The minimum absolute atomic E-state index is 0.0879. The van der Waals surface area contributed by atoms with E-state index in [1.54, 1.807) is 7.11 Å². The maximum absolute atomic E-state index is 12.2. The Morgan fingerprint density at radius 1 is 1.10 bits per heavy atom. The van der Waals surface area contributed by atoms with E-state index in [4.69, 9.17) is 9.47 Å². The Morgan fingerprint density at radius 3 is 2.66 bits per heavy atom. The number of aryl methyl sites for hydroxylation is 2. The molecule has 0 atom stereocenters. The van der Waals surface area contributed by atoms with Gasteiger partial charge < -0.3 is 14.8 Å². The number of ether oxygens (including phenoxy) is 2. The summed E-state index contributed by atoms with van der Waals surface area (Å²) >= 11 is 1.35. The summed E-state index contributed by atoms with van der Waals surface area (Å²) in [5.74, 6) is 2.26. The van der Waals surface area contributed by atoms with E-state index in [1.807, 2.05) is 60.9 Å². The summed E-state index contributed by atoms with van der Waals surface area (Å²) in [5, 5.41) is 11.9. The van der Waals surface area contributed by atoms with E-state index in [-0.39, 0.29) is 11.7 Å². The van der Waals surface area contributed by atoms with Crippen LogP contribution in [0.5, 0.6) is 11.5 Å². The summed E-state index contributed by atoms with van der Waals surface area (Å²) in [7, 11) is 1.60. The van der Waals surface area contributed by atoms with Gasteiger partial charge in [0.1, 0.15) is 12.4 Å². The van der Waals surface area contributed by atoms with E-state index < -0.39 is 0 Å². The summed E-state index contributed by atoms with van der Waals surface area (Å²) in [5.41, 5.74) is 2.14. The zero-order valence-electron chi connectivity index (χ0n) is 16.7. The number of hydrogen-bond donors (Lipinski definition) is 1. The summed E-state index contributed by atoms with van der Waals surface area (Å²) in [6, 6.07) is 15.5. The van der Waals surface area contributed by atoms with Gasteiger partial charge in [-0.25, -0.2) is 0 Å². The van der Waals surface area contributed by atoms with Crippen LogP contribution in [0.3, 0.4) is 0 Å². The second-order valence-corrected chi connectivity index (χ2v) is 7.28. The quantitative estimate of drug-likeness (QED) is 0.430. The molecule has 0 fully saturated rings. The Kier molecular flexibility index (Phi) is 7.13. The lowest BCUT2D eigenvalue weighted by Gasteiger charge is -2.11. The minimum Gasteiger partial charge on any atom is -0.493 e. The number of nitrogens with zero attached hydrogens (tertiary/aromatic N) is 3. The molecule has 1 aromatic heterocycles. The van der Waals surface area contributed by atoms with E-state index in [9.17, 15) is 4.79 Å². The first-order chi connectivity index (χ1) is 14.1. The van der Waals surface area contributed by atoms with Crippen LogP contribution in [0.25, 0.3) is 5.69 Å². The molecule has 1 N–H and O–H groups in total. The molecule has 3 rings (SSSR count). The number of nitrogens with one attached hydrogen (secondary N) is 1. The molecule has 0 aliphatic heterocycles. The molecule has 3 aromatic rings. The molecule has 0 saturated carbocycles. The topological polar surface area (TPSA) is 78.3 Å². The molecule has 8 heteroatoms. The van der Waals surface area contributed by atoms with E-state index >= 15 is 0 Å². The number of carbonyl (C=O) groups is 1. The fourth-order valence-corrected chi connectivity index (χ4v) is 3.60. The van der Waals surface area contributed by atoms with Crippen molar-refractivity contribution in [2.24, 2.45) is 0 Å². The monoisotopic (exact) mass is 412 g/mol. The number of para-hydroxylation sites is 2. The molecule has 0 radical (unpaired) electrons. The van der Waals surface area contributed by atoms with Gasteiger partial charge in [-0.15, -0.1) is 10.2 Å². The SMILES string of the molecule is COc1ccccc1OCCNC(=O)CSc1nnc(C)n1-c1cccc(C)c1. The number of thioether (sulfide) groups is 1. The largest absolute Gasteiger partial charge is 0.493 e. The van der Waals surface area contributed by atoms with Crippen LogP contribution in [0.1, 0.15) is 11.4 Å². The van der Waals surface area contributed by atoms with Crippen LogP contribution in [-0.2, 0) is 4.79 Å². The number of aromatic nitrogens is 3. The number of carbonyl (C=O) groups excluding carboxylic acids is 1. The van der Waals surface area contributed by atoms with Gasteiger partial charge in [-0.3, -0.25) is 9.36 Å². The molecule has 152 valence electrons. The van der Waals surface area contributed by atoms with E-state index in [2.05, 4.69) is 21.6 Å². The van der Waals surface area contributed by atoms with Crippen molar-refractivity contribution in [3.8, 4) is 17.2 Å². The Hall–Kier alpha value is -3.00. The molecular formula is C21H24N4O3S. The van der Waals surface area contributed by atoms with Crippen molar-refractivity contribution in [2.45, 2.75) is 19.0 Å². The third-order valence-electron chi connectivity index (χ3n) is 4.14. The van der Waals surface area contributed by atoms with Crippen molar-refractivity contribution in [2.75, 3.05) is 26.0 Å². The van der Waals surface area contributed by atoms with Crippen molar-refractivity contribution in [3.63, 3.8) is 0 Å². The van der Waals surface area contributed by atoms with Gasteiger partial charge in [0.25, 0.3) is 0 Å². The molecule has 0 unspecified atom stereocenters. The van der Waals surface area contributed by atoms with Crippen LogP contribution in [0.2, 0.25) is 0 Å². The van der Waals surface area contributed by atoms with Crippen LogP contribution < -0.4 is 14.8 Å². The second kappa shape index (κ2) is 9.97. The number of benzene rings is 2. The van der Waals surface area contributed by atoms with Crippen LogP contribution in [0, 0.1) is 13.8 Å². The highest BCUT2D eigenvalue weighted by atomic mass is 32.2. The lowest BCUT2D eigenvalue weighted by molar-refractivity contribution is -0.118. The molecule has 0 spiro atoms. The average Bonchev–Trinajstić information content (AvgIpc) is 3.10. The molecule has 2 aromatic carbocycles. The normalized spacial score (nSPS) is 10.6. The van der Waals surface area contributed by atoms with Crippen molar-refractivity contribution in [1.29, 1.82) is 0 Å². The van der Waals surface area contributed by atoms with E-state index in [0.29, 0.717) is 29.8 Å². The fraction of sp³-hybridized carbons (Fsp3) is 0.286. The molecule has 1 amide bonds.